The van der Waals surface area contributed by atoms with Crippen molar-refractivity contribution in [3.8, 4) is 0 Å². The first-order valence-electron chi connectivity index (χ1n) is 4.95. The van der Waals surface area contributed by atoms with Gasteiger partial charge in [-0.05, 0) is 28.1 Å². The molecule has 0 radical (unpaired) electrons. The van der Waals surface area contributed by atoms with Crippen molar-refractivity contribution >= 4 is 33.5 Å². The Kier molecular flexibility index (Phi) is 4.96. The smallest absolute Gasteiger partial charge is 0.307 e. The first kappa shape index (κ1) is 13.5. The third-order valence-corrected chi connectivity index (χ3v) is 2.83. The number of rotatable bonds is 4. The average molecular weight is 301 g/mol. The van der Waals surface area contributed by atoms with Crippen LogP contribution in [0.25, 0.3) is 0 Å². The number of nitrogen functional groups attached to an aromatic ring is 1. The number of nitrogens with one attached hydrogen (secondary N) is 1. The first-order chi connectivity index (χ1) is 8.06. The molecule has 0 bridgehead atoms. The van der Waals surface area contributed by atoms with Gasteiger partial charge in [0.1, 0.15) is 0 Å². The summed E-state index contributed by atoms with van der Waals surface area (Å²) < 4.78 is 5.12. The molecule has 0 aliphatic rings. The Labute approximate surface area is 107 Å². The van der Waals surface area contributed by atoms with Gasteiger partial charge >= 0.3 is 5.97 Å². The Morgan fingerprint density at radius 1 is 1.47 bits per heavy atom. The summed E-state index contributed by atoms with van der Waals surface area (Å²) in [6.45, 7) is 0.220. The molecule has 1 aromatic carbocycles. The van der Waals surface area contributed by atoms with E-state index in [1.165, 1.54) is 7.11 Å². The van der Waals surface area contributed by atoms with Crippen LogP contribution in [0.5, 0.6) is 0 Å². The summed E-state index contributed by atoms with van der Waals surface area (Å²) in [5.74, 6) is -0.680. The monoisotopic (exact) mass is 300 g/mol. The molecule has 0 aliphatic heterocycles. The highest BCUT2D eigenvalue weighted by molar-refractivity contribution is 9.10. The van der Waals surface area contributed by atoms with Crippen LogP contribution in [0, 0.1) is 0 Å². The van der Waals surface area contributed by atoms with Crippen LogP contribution in [0.3, 0.4) is 0 Å². The number of carbonyl (C=O) groups is 2. The van der Waals surface area contributed by atoms with E-state index in [2.05, 4.69) is 26.0 Å². The predicted octanol–water partition coefficient (Wildman–Crippen LogP) is 1.32. The third kappa shape index (κ3) is 3.74. The molecule has 1 aromatic rings. The van der Waals surface area contributed by atoms with Crippen molar-refractivity contribution in [2.45, 2.75) is 6.42 Å². The fraction of sp³-hybridized carbons (Fsp3) is 0.273. The first-order valence-corrected chi connectivity index (χ1v) is 5.74. The Balaban J connectivity index is 2.59. The molecule has 1 rings (SSSR count). The maximum atomic E-state index is 11.7. The topological polar surface area (TPSA) is 81.4 Å². The highest BCUT2D eigenvalue weighted by Gasteiger charge is 2.11. The molecular formula is C11H13BrN2O3. The summed E-state index contributed by atoms with van der Waals surface area (Å²) in [5, 5.41) is 2.59. The number of nitrogens with two attached hydrogens (primary N) is 1. The molecule has 0 spiro atoms. The number of methoxy groups -OCH3 is 1. The molecule has 6 heteroatoms. The minimum absolute atomic E-state index is 0.135. The predicted molar refractivity (Wildman–Crippen MR) is 67.5 cm³/mol. The lowest BCUT2D eigenvalue weighted by atomic mass is 10.1. The summed E-state index contributed by atoms with van der Waals surface area (Å²) in [6, 6.07) is 5.09. The van der Waals surface area contributed by atoms with E-state index in [1.54, 1.807) is 18.2 Å². The molecule has 0 saturated heterocycles. The second-order valence-electron chi connectivity index (χ2n) is 3.28. The van der Waals surface area contributed by atoms with Crippen molar-refractivity contribution in [2.75, 3.05) is 19.4 Å². The van der Waals surface area contributed by atoms with Crippen molar-refractivity contribution in [3.05, 3.63) is 28.2 Å². The van der Waals surface area contributed by atoms with Gasteiger partial charge in [0, 0.05) is 11.0 Å². The van der Waals surface area contributed by atoms with Crippen LogP contribution in [0.4, 0.5) is 5.69 Å². The number of hydrogen-bond donors (Lipinski definition) is 2. The van der Waals surface area contributed by atoms with Gasteiger partial charge in [-0.25, -0.2) is 0 Å². The number of hydrogen-bond acceptors (Lipinski definition) is 4. The highest BCUT2D eigenvalue weighted by Crippen LogP contribution is 2.22. The number of anilines is 1. The van der Waals surface area contributed by atoms with Crippen molar-refractivity contribution in [3.63, 3.8) is 0 Å². The van der Waals surface area contributed by atoms with E-state index in [0.29, 0.717) is 15.7 Å². The third-order valence-electron chi connectivity index (χ3n) is 2.14. The second kappa shape index (κ2) is 6.24. The zero-order valence-electron chi connectivity index (χ0n) is 9.33. The Morgan fingerprint density at radius 3 is 2.82 bits per heavy atom. The lowest BCUT2D eigenvalue weighted by Gasteiger charge is -2.08. The lowest BCUT2D eigenvalue weighted by Crippen LogP contribution is -2.27. The molecule has 0 saturated carbocycles. The average Bonchev–Trinajstić information content (AvgIpc) is 2.32. The molecular weight excluding hydrogens is 288 g/mol. The van der Waals surface area contributed by atoms with Crippen molar-refractivity contribution in [2.24, 2.45) is 0 Å². The summed E-state index contributed by atoms with van der Waals surface area (Å²) in [4.78, 5) is 22.6. The summed E-state index contributed by atoms with van der Waals surface area (Å²) in [6.07, 6.45) is 0.135. The van der Waals surface area contributed by atoms with Crippen molar-refractivity contribution in [1.29, 1.82) is 0 Å². The molecule has 0 atom stereocenters. The summed E-state index contributed by atoms with van der Waals surface area (Å²) >= 11 is 3.24. The molecule has 0 aromatic heterocycles. The van der Waals surface area contributed by atoms with Crippen LogP contribution in [-0.2, 0) is 9.53 Å². The van der Waals surface area contributed by atoms with Gasteiger partial charge in [0.05, 0.1) is 24.8 Å². The zero-order valence-corrected chi connectivity index (χ0v) is 10.9. The molecule has 1 amide bonds. The lowest BCUT2D eigenvalue weighted by molar-refractivity contribution is -0.140. The van der Waals surface area contributed by atoms with E-state index in [0.717, 1.165) is 0 Å². The fourth-order valence-electron chi connectivity index (χ4n) is 1.21. The van der Waals surface area contributed by atoms with Crippen LogP contribution in [0.15, 0.2) is 22.7 Å². The maximum Gasteiger partial charge on any atom is 0.307 e. The van der Waals surface area contributed by atoms with E-state index in [1.807, 2.05) is 0 Å². The molecule has 0 unspecified atom stereocenters. The maximum absolute atomic E-state index is 11.7. The van der Waals surface area contributed by atoms with Gasteiger partial charge in [0.25, 0.3) is 5.91 Å². The van der Waals surface area contributed by atoms with E-state index in [-0.39, 0.29) is 24.8 Å². The molecule has 92 valence electrons. The largest absolute Gasteiger partial charge is 0.469 e. The Morgan fingerprint density at radius 2 is 2.18 bits per heavy atom. The summed E-state index contributed by atoms with van der Waals surface area (Å²) in [5.41, 5.74) is 6.50. The van der Waals surface area contributed by atoms with E-state index < -0.39 is 0 Å². The van der Waals surface area contributed by atoms with Gasteiger partial charge < -0.3 is 15.8 Å². The van der Waals surface area contributed by atoms with Gasteiger partial charge in [0.15, 0.2) is 0 Å². The van der Waals surface area contributed by atoms with Crippen molar-refractivity contribution in [1.82, 2.24) is 5.32 Å². The van der Waals surface area contributed by atoms with Crippen LogP contribution in [-0.4, -0.2) is 25.5 Å². The quantitative estimate of drug-likeness (QED) is 0.649. The number of esters is 1. The standard InChI is InChI=1S/C11H13BrN2O3/c1-17-9(15)5-6-14-11(16)7-3-2-4-8(12)10(7)13/h2-4H,5-6,13H2,1H3,(H,14,16). The van der Waals surface area contributed by atoms with E-state index >= 15 is 0 Å². The Hall–Kier alpha value is -1.56. The fourth-order valence-corrected chi connectivity index (χ4v) is 1.58. The normalized spacial score (nSPS) is 9.76. The van der Waals surface area contributed by atoms with Crippen LogP contribution < -0.4 is 11.1 Å². The van der Waals surface area contributed by atoms with Gasteiger partial charge in [-0.3, -0.25) is 9.59 Å². The number of carbonyl (C=O) groups excluding carboxylic acids is 2. The number of amides is 1. The molecule has 0 aliphatic carbocycles. The molecule has 5 nitrogen and oxygen atoms in total. The van der Waals surface area contributed by atoms with Crippen LogP contribution >= 0.6 is 15.9 Å². The second-order valence-corrected chi connectivity index (χ2v) is 4.14. The van der Waals surface area contributed by atoms with Gasteiger partial charge in [-0.2, -0.15) is 0 Å². The SMILES string of the molecule is COC(=O)CCNC(=O)c1cccc(Br)c1N. The molecule has 0 heterocycles. The molecule has 0 fully saturated rings. The van der Waals surface area contributed by atoms with Gasteiger partial charge in [0.2, 0.25) is 0 Å². The van der Waals surface area contributed by atoms with Crippen molar-refractivity contribution < 1.29 is 14.3 Å². The van der Waals surface area contributed by atoms with Gasteiger partial charge in [-0.1, -0.05) is 6.07 Å². The number of benzene rings is 1. The van der Waals surface area contributed by atoms with Crippen LogP contribution in [0.1, 0.15) is 16.8 Å². The highest BCUT2D eigenvalue weighted by atomic mass is 79.9. The number of para-hydroxylation sites is 1. The molecule has 17 heavy (non-hydrogen) atoms. The minimum atomic E-state index is -0.368. The Bertz CT molecular complexity index is 435. The van der Waals surface area contributed by atoms with Crippen LogP contribution in [0.2, 0.25) is 0 Å². The van der Waals surface area contributed by atoms with E-state index in [9.17, 15) is 9.59 Å². The number of ether oxygens (including phenoxy) is 1. The molecule has 3 N–H and O–H groups in total. The van der Waals surface area contributed by atoms with E-state index in [4.69, 9.17) is 5.73 Å². The zero-order chi connectivity index (χ0) is 12.8. The number of halogens is 1. The minimum Gasteiger partial charge on any atom is -0.469 e. The summed E-state index contributed by atoms with van der Waals surface area (Å²) in [7, 11) is 1.30. The van der Waals surface area contributed by atoms with Gasteiger partial charge in [-0.15, -0.1) is 0 Å².